The van der Waals surface area contributed by atoms with Crippen molar-refractivity contribution in [1.29, 1.82) is 0 Å². The van der Waals surface area contributed by atoms with Crippen LogP contribution >= 0.6 is 0 Å². The van der Waals surface area contributed by atoms with Gasteiger partial charge in [-0.15, -0.1) is 0 Å². The van der Waals surface area contributed by atoms with Crippen LogP contribution in [0.5, 0.6) is 0 Å². The van der Waals surface area contributed by atoms with Crippen molar-refractivity contribution in [3.63, 3.8) is 0 Å². The van der Waals surface area contributed by atoms with Crippen LogP contribution in [0.3, 0.4) is 0 Å². The van der Waals surface area contributed by atoms with Gasteiger partial charge in [0.1, 0.15) is 0 Å². The van der Waals surface area contributed by atoms with Crippen molar-refractivity contribution in [1.82, 2.24) is 0 Å². The molecule has 0 aromatic carbocycles. The second-order valence-electron chi connectivity index (χ2n) is 8.43. The summed E-state index contributed by atoms with van der Waals surface area (Å²) in [6.45, 7) is 9.87. The number of hydrogen-bond donors (Lipinski definition) is 0. The SMILES string of the molecule is CCC1(C[C](CC2(C)CC2)C2(C(C)C)CC2)CC1. The molecule has 3 rings (SSSR count). The standard InChI is InChI=1S/C18H31/c1-5-17(8-9-17)13-15(12-16(4)6-7-16)18(10-11-18)14(2)3/h14H,5-13H2,1-4H3. The van der Waals surface area contributed by atoms with Gasteiger partial charge in [0.15, 0.2) is 0 Å². The molecule has 103 valence electrons. The van der Waals surface area contributed by atoms with Gasteiger partial charge in [-0.1, -0.05) is 34.1 Å². The maximum atomic E-state index is 2.52. The molecule has 3 fully saturated rings. The van der Waals surface area contributed by atoms with Crippen LogP contribution in [0.1, 0.15) is 85.5 Å². The molecule has 0 heteroatoms. The molecule has 0 saturated heterocycles. The minimum atomic E-state index is 0.677. The van der Waals surface area contributed by atoms with Crippen LogP contribution in [-0.2, 0) is 0 Å². The fourth-order valence-electron chi connectivity index (χ4n) is 4.08. The molecular formula is C18H31. The topological polar surface area (TPSA) is 0 Å². The van der Waals surface area contributed by atoms with Gasteiger partial charge in [0.05, 0.1) is 0 Å². The van der Waals surface area contributed by atoms with E-state index in [1.165, 1.54) is 57.8 Å². The Morgan fingerprint density at radius 3 is 1.89 bits per heavy atom. The van der Waals surface area contributed by atoms with Crippen molar-refractivity contribution < 1.29 is 0 Å². The van der Waals surface area contributed by atoms with Crippen LogP contribution in [-0.4, -0.2) is 0 Å². The van der Waals surface area contributed by atoms with Crippen molar-refractivity contribution in [3.05, 3.63) is 5.92 Å². The average molecular weight is 247 g/mol. The lowest BCUT2D eigenvalue weighted by Gasteiger charge is -2.34. The smallest absolute Gasteiger partial charge is 0.0166 e. The highest BCUT2D eigenvalue weighted by atomic mass is 14.6. The summed E-state index contributed by atoms with van der Waals surface area (Å²) in [6, 6.07) is 0. The molecule has 3 saturated carbocycles. The monoisotopic (exact) mass is 247 g/mol. The second kappa shape index (κ2) is 4.00. The van der Waals surface area contributed by atoms with Crippen molar-refractivity contribution >= 4 is 0 Å². The van der Waals surface area contributed by atoms with Crippen molar-refractivity contribution in [2.24, 2.45) is 22.2 Å². The van der Waals surface area contributed by atoms with Gasteiger partial charge in [-0.25, -0.2) is 0 Å². The highest BCUT2D eigenvalue weighted by Crippen LogP contribution is 2.68. The lowest BCUT2D eigenvalue weighted by atomic mass is 9.70. The van der Waals surface area contributed by atoms with Crippen LogP contribution in [0.15, 0.2) is 0 Å². The molecule has 0 aliphatic heterocycles. The van der Waals surface area contributed by atoms with E-state index in [-0.39, 0.29) is 0 Å². The molecular weight excluding hydrogens is 216 g/mol. The van der Waals surface area contributed by atoms with E-state index in [4.69, 9.17) is 0 Å². The lowest BCUT2D eigenvalue weighted by molar-refractivity contribution is 0.280. The van der Waals surface area contributed by atoms with E-state index < -0.39 is 0 Å². The van der Waals surface area contributed by atoms with Gasteiger partial charge in [-0.2, -0.15) is 0 Å². The lowest BCUT2D eigenvalue weighted by Crippen LogP contribution is -2.25. The van der Waals surface area contributed by atoms with Gasteiger partial charge in [-0.3, -0.25) is 0 Å². The molecule has 3 aliphatic rings. The van der Waals surface area contributed by atoms with Crippen LogP contribution in [0.4, 0.5) is 0 Å². The largest absolute Gasteiger partial charge is 0.0649 e. The normalized spacial score (nSPS) is 29.7. The Morgan fingerprint density at radius 2 is 1.56 bits per heavy atom. The molecule has 0 unspecified atom stereocenters. The van der Waals surface area contributed by atoms with Crippen molar-refractivity contribution in [3.8, 4) is 0 Å². The van der Waals surface area contributed by atoms with E-state index in [0.29, 0.717) is 10.8 Å². The predicted octanol–water partition coefficient (Wildman–Crippen LogP) is 5.77. The molecule has 0 atom stereocenters. The van der Waals surface area contributed by atoms with Crippen LogP contribution in [0, 0.1) is 28.1 Å². The zero-order chi connectivity index (χ0) is 13.0. The Balaban J connectivity index is 1.71. The quantitative estimate of drug-likeness (QED) is 0.536. The molecule has 0 heterocycles. The Hall–Kier alpha value is 0. The fourth-order valence-corrected chi connectivity index (χ4v) is 4.08. The van der Waals surface area contributed by atoms with E-state index in [9.17, 15) is 0 Å². The number of rotatable bonds is 7. The fraction of sp³-hybridized carbons (Fsp3) is 0.944. The summed E-state index contributed by atoms with van der Waals surface area (Å²) in [6.07, 6.45) is 13.4. The zero-order valence-electron chi connectivity index (χ0n) is 12.9. The van der Waals surface area contributed by atoms with E-state index >= 15 is 0 Å². The van der Waals surface area contributed by atoms with E-state index in [0.717, 1.165) is 11.3 Å². The molecule has 0 aromatic heterocycles. The van der Waals surface area contributed by atoms with Gasteiger partial charge in [-0.05, 0) is 79.4 Å². The first kappa shape index (κ1) is 13.0. The molecule has 0 N–H and O–H groups in total. The Kier molecular flexibility index (Phi) is 2.89. The molecule has 0 spiro atoms. The summed E-state index contributed by atoms with van der Waals surface area (Å²) in [4.78, 5) is 0. The number of hydrogen-bond acceptors (Lipinski definition) is 0. The summed E-state index contributed by atoms with van der Waals surface area (Å²) in [5.74, 6) is 2.87. The summed E-state index contributed by atoms with van der Waals surface area (Å²) >= 11 is 0. The zero-order valence-corrected chi connectivity index (χ0v) is 12.9. The van der Waals surface area contributed by atoms with E-state index in [1.807, 2.05) is 5.92 Å². The summed E-state index contributed by atoms with van der Waals surface area (Å²) in [5.41, 5.74) is 2.14. The predicted molar refractivity (Wildman–Crippen MR) is 78.3 cm³/mol. The minimum Gasteiger partial charge on any atom is -0.0649 e. The van der Waals surface area contributed by atoms with Crippen LogP contribution < -0.4 is 0 Å². The summed E-state index contributed by atoms with van der Waals surface area (Å²) < 4.78 is 0. The first-order valence-electron chi connectivity index (χ1n) is 8.29. The van der Waals surface area contributed by atoms with Crippen molar-refractivity contribution in [2.45, 2.75) is 85.5 Å². The molecule has 0 bridgehead atoms. The Morgan fingerprint density at radius 1 is 0.944 bits per heavy atom. The Bertz CT molecular complexity index is 313. The molecule has 0 nitrogen and oxygen atoms in total. The van der Waals surface area contributed by atoms with Gasteiger partial charge < -0.3 is 0 Å². The summed E-state index contributed by atoms with van der Waals surface area (Å²) in [7, 11) is 0. The van der Waals surface area contributed by atoms with Gasteiger partial charge in [0, 0.05) is 0 Å². The van der Waals surface area contributed by atoms with E-state index in [1.54, 1.807) is 0 Å². The molecule has 18 heavy (non-hydrogen) atoms. The average Bonchev–Trinajstić information content (AvgIpc) is 3.18. The maximum Gasteiger partial charge on any atom is -0.0166 e. The molecule has 0 aromatic rings. The third-order valence-corrected chi connectivity index (χ3v) is 6.64. The molecule has 0 amide bonds. The molecule has 3 aliphatic carbocycles. The third-order valence-electron chi connectivity index (χ3n) is 6.64. The first-order valence-corrected chi connectivity index (χ1v) is 8.29. The van der Waals surface area contributed by atoms with Gasteiger partial charge >= 0.3 is 0 Å². The van der Waals surface area contributed by atoms with Crippen LogP contribution in [0.25, 0.3) is 0 Å². The Labute approximate surface area is 114 Å². The van der Waals surface area contributed by atoms with Crippen LogP contribution in [0.2, 0.25) is 0 Å². The minimum absolute atomic E-state index is 0.677. The van der Waals surface area contributed by atoms with Gasteiger partial charge in [0.2, 0.25) is 0 Å². The summed E-state index contributed by atoms with van der Waals surface area (Å²) in [5, 5.41) is 0. The third kappa shape index (κ3) is 2.25. The second-order valence-corrected chi connectivity index (χ2v) is 8.43. The van der Waals surface area contributed by atoms with Crippen molar-refractivity contribution in [2.75, 3.05) is 0 Å². The van der Waals surface area contributed by atoms with E-state index in [2.05, 4.69) is 27.7 Å². The van der Waals surface area contributed by atoms with Gasteiger partial charge in [0.25, 0.3) is 0 Å². The highest BCUT2D eigenvalue weighted by Gasteiger charge is 2.57. The highest BCUT2D eigenvalue weighted by molar-refractivity contribution is 5.22. The molecule has 1 radical (unpaired) electrons. The first-order chi connectivity index (χ1) is 8.44. The maximum absolute atomic E-state index is 2.52.